The normalized spacial score (nSPS) is 10.6. The van der Waals surface area contributed by atoms with Crippen LogP contribution in [0.25, 0.3) is 0 Å². The van der Waals surface area contributed by atoms with Crippen LogP contribution in [0.15, 0.2) is 42.5 Å². The molecular weight excluding hydrogens is 258 g/mol. The molecule has 0 saturated carbocycles. The molecule has 2 aromatic carbocycles. The number of benzene rings is 2. The van der Waals surface area contributed by atoms with Gasteiger partial charge in [0.05, 0.1) is 0 Å². The van der Waals surface area contributed by atoms with Gasteiger partial charge in [-0.15, -0.1) is 0 Å². The van der Waals surface area contributed by atoms with Crippen LogP contribution < -0.4 is 0 Å². The third-order valence-electron chi connectivity index (χ3n) is 3.25. The second kappa shape index (κ2) is 6.42. The Morgan fingerprint density at radius 1 is 0.950 bits per heavy atom. The van der Waals surface area contributed by atoms with E-state index in [0.29, 0.717) is 0 Å². The van der Waals surface area contributed by atoms with E-state index in [2.05, 4.69) is 6.92 Å². The van der Waals surface area contributed by atoms with Crippen molar-refractivity contribution < 1.29 is 13.6 Å². The topological polar surface area (TPSA) is 17.1 Å². The molecule has 2 aromatic rings. The summed E-state index contributed by atoms with van der Waals surface area (Å²) in [6.07, 6.45) is 1.10. The molecule has 104 valence electrons. The SMILES string of the molecule is CCc1ccc(CC(=O)Cc2cccc(F)c2F)cc1. The Hall–Kier alpha value is -2.03. The summed E-state index contributed by atoms with van der Waals surface area (Å²) in [5, 5.41) is 0. The van der Waals surface area contributed by atoms with E-state index in [1.165, 1.54) is 17.7 Å². The maximum absolute atomic E-state index is 13.5. The fraction of sp³-hybridized carbons (Fsp3) is 0.235. The fourth-order valence-electron chi connectivity index (χ4n) is 2.08. The molecule has 0 N–H and O–H groups in total. The number of ketones is 1. The lowest BCUT2D eigenvalue weighted by Crippen LogP contribution is -2.08. The molecule has 0 saturated heterocycles. The molecule has 0 aliphatic carbocycles. The molecule has 0 spiro atoms. The lowest BCUT2D eigenvalue weighted by molar-refractivity contribution is -0.117. The maximum Gasteiger partial charge on any atom is 0.162 e. The van der Waals surface area contributed by atoms with Crippen molar-refractivity contribution in [1.29, 1.82) is 0 Å². The number of hydrogen-bond acceptors (Lipinski definition) is 1. The molecule has 1 nitrogen and oxygen atoms in total. The minimum atomic E-state index is -0.929. The monoisotopic (exact) mass is 274 g/mol. The smallest absolute Gasteiger partial charge is 0.162 e. The molecule has 0 amide bonds. The van der Waals surface area contributed by atoms with Gasteiger partial charge in [-0.2, -0.15) is 0 Å². The van der Waals surface area contributed by atoms with Crippen molar-refractivity contribution in [2.75, 3.05) is 0 Å². The molecule has 0 aliphatic rings. The third kappa shape index (κ3) is 3.50. The van der Waals surface area contributed by atoms with Crippen LogP contribution in [0, 0.1) is 11.6 Å². The molecule has 0 unspecified atom stereocenters. The number of Topliss-reactive ketones (excluding diaryl/α,β-unsaturated/α-hetero) is 1. The second-order valence-electron chi connectivity index (χ2n) is 4.78. The van der Waals surface area contributed by atoms with Crippen molar-refractivity contribution in [2.45, 2.75) is 26.2 Å². The molecule has 0 aliphatic heterocycles. The van der Waals surface area contributed by atoms with Crippen LogP contribution in [0.2, 0.25) is 0 Å². The molecule has 0 aromatic heterocycles. The number of aryl methyl sites for hydroxylation is 1. The van der Waals surface area contributed by atoms with Crippen molar-refractivity contribution in [3.05, 3.63) is 70.8 Å². The first-order valence-corrected chi connectivity index (χ1v) is 6.62. The van der Waals surface area contributed by atoms with E-state index < -0.39 is 11.6 Å². The lowest BCUT2D eigenvalue weighted by atomic mass is 10.0. The molecule has 0 fully saturated rings. The molecule has 0 bridgehead atoms. The van der Waals surface area contributed by atoms with E-state index >= 15 is 0 Å². The van der Waals surface area contributed by atoms with Crippen LogP contribution in [0.1, 0.15) is 23.6 Å². The van der Waals surface area contributed by atoms with E-state index in [1.807, 2.05) is 24.3 Å². The van der Waals surface area contributed by atoms with E-state index in [-0.39, 0.29) is 24.2 Å². The Morgan fingerprint density at radius 3 is 2.25 bits per heavy atom. The van der Waals surface area contributed by atoms with Gasteiger partial charge in [0, 0.05) is 12.8 Å². The molecule has 0 atom stereocenters. The number of carbonyl (C=O) groups is 1. The lowest BCUT2D eigenvalue weighted by Gasteiger charge is -2.05. The van der Waals surface area contributed by atoms with Gasteiger partial charge in [-0.25, -0.2) is 8.78 Å². The summed E-state index contributed by atoms with van der Waals surface area (Å²) in [6, 6.07) is 11.7. The van der Waals surface area contributed by atoms with Crippen molar-refractivity contribution in [2.24, 2.45) is 0 Å². The first-order chi connectivity index (χ1) is 9.60. The highest BCUT2D eigenvalue weighted by molar-refractivity contribution is 5.83. The number of hydrogen-bond donors (Lipinski definition) is 0. The van der Waals surface area contributed by atoms with Crippen LogP contribution >= 0.6 is 0 Å². The Kier molecular flexibility index (Phi) is 4.61. The molecule has 2 rings (SSSR count). The van der Waals surface area contributed by atoms with Crippen LogP contribution in [0.4, 0.5) is 8.78 Å². The van der Waals surface area contributed by atoms with Crippen molar-refractivity contribution in [3.63, 3.8) is 0 Å². The molecular formula is C17H16F2O. The van der Waals surface area contributed by atoms with Gasteiger partial charge in [0.1, 0.15) is 5.78 Å². The largest absolute Gasteiger partial charge is 0.299 e. The van der Waals surface area contributed by atoms with Crippen molar-refractivity contribution in [1.82, 2.24) is 0 Å². The van der Waals surface area contributed by atoms with Gasteiger partial charge in [0.25, 0.3) is 0 Å². The van der Waals surface area contributed by atoms with Gasteiger partial charge in [0.2, 0.25) is 0 Å². The van der Waals surface area contributed by atoms with Gasteiger partial charge >= 0.3 is 0 Å². The van der Waals surface area contributed by atoms with Crippen molar-refractivity contribution >= 4 is 5.78 Å². The summed E-state index contributed by atoms with van der Waals surface area (Å²) in [6.45, 7) is 2.06. The zero-order valence-corrected chi connectivity index (χ0v) is 11.3. The van der Waals surface area contributed by atoms with Gasteiger partial charge in [-0.3, -0.25) is 4.79 Å². The standard InChI is InChI=1S/C17H16F2O/c1-2-12-6-8-13(9-7-12)10-15(20)11-14-4-3-5-16(18)17(14)19/h3-9H,2,10-11H2,1H3. The van der Waals surface area contributed by atoms with Crippen LogP contribution in [0.5, 0.6) is 0 Å². The molecule has 0 radical (unpaired) electrons. The average Bonchev–Trinajstić information content (AvgIpc) is 2.45. The van der Waals surface area contributed by atoms with E-state index in [9.17, 15) is 13.6 Å². The highest BCUT2D eigenvalue weighted by Gasteiger charge is 2.12. The Bertz CT molecular complexity index is 603. The first kappa shape index (κ1) is 14.4. The summed E-state index contributed by atoms with van der Waals surface area (Å²) in [5.41, 5.74) is 2.21. The maximum atomic E-state index is 13.5. The predicted molar refractivity (Wildman–Crippen MR) is 74.6 cm³/mol. The number of halogens is 2. The van der Waals surface area contributed by atoms with Gasteiger partial charge in [-0.05, 0) is 29.2 Å². The van der Waals surface area contributed by atoms with Gasteiger partial charge in [-0.1, -0.05) is 43.3 Å². The van der Waals surface area contributed by atoms with E-state index in [1.54, 1.807) is 0 Å². The molecule has 20 heavy (non-hydrogen) atoms. The van der Waals surface area contributed by atoms with Crippen molar-refractivity contribution in [3.8, 4) is 0 Å². The predicted octanol–water partition coefficient (Wildman–Crippen LogP) is 3.88. The zero-order valence-electron chi connectivity index (χ0n) is 11.3. The zero-order chi connectivity index (χ0) is 14.5. The van der Waals surface area contributed by atoms with E-state index in [4.69, 9.17) is 0 Å². The summed E-state index contributed by atoms with van der Waals surface area (Å²) >= 11 is 0. The van der Waals surface area contributed by atoms with E-state index in [0.717, 1.165) is 18.1 Å². The summed E-state index contributed by atoms with van der Waals surface area (Å²) in [4.78, 5) is 11.9. The molecule has 0 heterocycles. The number of rotatable bonds is 5. The minimum Gasteiger partial charge on any atom is -0.299 e. The Morgan fingerprint density at radius 2 is 1.60 bits per heavy atom. The van der Waals surface area contributed by atoms with Crippen LogP contribution in [0.3, 0.4) is 0 Å². The second-order valence-corrected chi connectivity index (χ2v) is 4.78. The molecule has 3 heteroatoms. The Balaban J connectivity index is 2.03. The summed E-state index contributed by atoms with van der Waals surface area (Å²) < 4.78 is 26.5. The third-order valence-corrected chi connectivity index (χ3v) is 3.25. The highest BCUT2D eigenvalue weighted by atomic mass is 19.2. The average molecular weight is 274 g/mol. The van der Waals surface area contributed by atoms with Gasteiger partial charge in [0.15, 0.2) is 11.6 Å². The van der Waals surface area contributed by atoms with Gasteiger partial charge < -0.3 is 0 Å². The number of carbonyl (C=O) groups excluding carboxylic acids is 1. The first-order valence-electron chi connectivity index (χ1n) is 6.62. The highest BCUT2D eigenvalue weighted by Crippen LogP contribution is 2.13. The van der Waals surface area contributed by atoms with Crippen LogP contribution in [-0.2, 0) is 24.1 Å². The minimum absolute atomic E-state index is 0.0842. The van der Waals surface area contributed by atoms with Crippen LogP contribution in [-0.4, -0.2) is 5.78 Å². The summed E-state index contributed by atoms with van der Waals surface area (Å²) in [7, 11) is 0. The quantitative estimate of drug-likeness (QED) is 0.808. The summed E-state index contributed by atoms with van der Waals surface area (Å²) in [5.74, 6) is -1.97. The Labute approximate surface area is 117 Å². The fourth-order valence-corrected chi connectivity index (χ4v) is 2.08.